The summed E-state index contributed by atoms with van der Waals surface area (Å²) in [5, 5.41) is 0. The zero-order valence-corrected chi connectivity index (χ0v) is 6.48. The van der Waals surface area contributed by atoms with Crippen molar-refractivity contribution in [1.29, 1.82) is 0 Å². The standard InChI is InChI=1S/C7H5N5O/c8-6-5-3(9-1-11-6)4-7(13-5)12-2-10-4/h1-2H,(H,10,12)(H2,8,9,11). The summed E-state index contributed by atoms with van der Waals surface area (Å²) in [6, 6.07) is 0. The maximum Gasteiger partial charge on any atom is 0.247 e. The van der Waals surface area contributed by atoms with E-state index in [1.54, 1.807) is 6.33 Å². The number of H-pyrrole nitrogens is 1. The summed E-state index contributed by atoms with van der Waals surface area (Å²) in [4.78, 5) is 14.7. The molecule has 3 aromatic heterocycles. The minimum Gasteiger partial charge on any atom is -0.431 e. The van der Waals surface area contributed by atoms with Crippen LogP contribution in [-0.2, 0) is 0 Å². The quantitative estimate of drug-likeness (QED) is 0.524. The van der Waals surface area contributed by atoms with Crippen molar-refractivity contribution in [2.75, 3.05) is 5.73 Å². The van der Waals surface area contributed by atoms with Gasteiger partial charge in [0.25, 0.3) is 0 Å². The van der Waals surface area contributed by atoms with Crippen molar-refractivity contribution in [2.45, 2.75) is 0 Å². The molecule has 0 aromatic carbocycles. The van der Waals surface area contributed by atoms with E-state index in [1.807, 2.05) is 0 Å². The van der Waals surface area contributed by atoms with Gasteiger partial charge in [-0.2, -0.15) is 0 Å². The van der Waals surface area contributed by atoms with Gasteiger partial charge >= 0.3 is 0 Å². The summed E-state index contributed by atoms with van der Waals surface area (Å²) in [6.07, 6.45) is 2.94. The number of aromatic nitrogens is 4. The van der Waals surface area contributed by atoms with Crippen LogP contribution in [0.5, 0.6) is 0 Å². The van der Waals surface area contributed by atoms with E-state index in [4.69, 9.17) is 10.2 Å². The Morgan fingerprint density at radius 1 is 1.31 bits per heavy atom. The molecule has 3 heterocycles. The van der Waals surface area contributed by atoms with Crippen LogP contribution in [0.25, 0.3) is 22.3 Å². The van der Waals surface area contributed by atoms with E-state index in [1.165, 1.54) is 6.33 Å². The second-order valence-corrected chi connectivity index (χ2v) is 2.62. The van der Waals surface area contributed by atoms with Crippen molar-refractivity contribution < 1.29 is 4.42 Å². The first-order valence-electron chi connectivity index (χ1n) is 3.68. The van der Waals surface area contributed by atoms with Gasteiger partial charge in [-0.15, -0.1) is 0 Å². The van der Waals surface area contributed by atoms with Crippen LogP contribution in [0.4, 0.5) is 5.82 Å². The predicted molar refractivity (Wildman–Crippen MR) is 45.9 cm³/mol. The van der Waals surface area contributed by atoms with Crippen LogP contribution >= 0.6 is 0 Å². The Kier molecular flexibility index (Phi) is 0.974. The zero-order valence-electron chi connectivity index (χ0n) is 6.48. The third-order valence-electron chi connectivity index (χ3n) is 1.87. The third-order valence-corrected chi connectivity index (χ3v) is 1.87. The summed E-state index contributed by atoms with van der Waals surface area (Å²) in [6.45, 7) is 0. The molecule has 64 valence electrons. The summed E-state index contributed by atoms with van der Waals surface area (Å²) in [7, 11) is 0. The Hall–Kier alpha value is -2.11. The highest BCUT2D eigenvalue weighted by atomic mass is 16.3. The van der Waals surface area contributed by atoms with Crippen molar-refractivity contribution in [3.63, 3.8) is 0 Å². The van der Waals surface area contributed by atoms with Crippen LogP contribution in [-0.4, -0.2) is 19.9 Å². The van der Waals surface area contributed by atoms with Crippen LogP contribution in [0.2, 0.25) is 0 Å². The number of furan rings is 1. The Labute approximate surface area is 71.8 Å². The minimum absolute atomic E-state index is 0.330. The van der Waals surface area contributed by atoms with Crippen LogP contribution in [0.15, 0.2) is 17.1 Å². The van der Waals surface area contributed by atoms with Crippen molar-refractivity contribution in [1.82, 2.24) is 19.9 Å². The van der Waals surface area contributed by atoms with E-state index < -0.39 is 0 Å². The van der Waals surface area contributed by atoms with Crippen LogP contribution in [0.1, 0.15) is 0 Å². The highest BCUT2D eigenvalue weighted by Gasteiger charge is 2.12. The van der Waals surface area contributed by atoms with Gasteiger partial charge in [-0.1, -0.05) is 0 Å². The average Bonchev–Trinajstić information content (AvgIpc) is 2.65. The molecule has 3 aromatic rings. The number of nitrogens with two attached hydrogens (primary N) is 1. The van der Waals surface area contributed by atoms with Crippen molar-refractivity contribution in [3.05, 3.63) is 12.7 Å². The van der Waals surface area contributed by atoms with Crippen LogP contribution in [0, 0.1) is 0 Å². The average molecular weight is 175 g/mol. The van der Waals surface area contributed by atoms with Gasteiger partial charge in [0.15, 0.2) is 11.4 Å². The number of anilines is 1. The van der Waals surface area contributed by atoms with Crippen molar-refractivity contribution in [3.8, 4) is 0 Å². The van der Waals surface area contributed by atoms with Gasteiger partial charge in [0.1, 0.15) is 17.4 Å². The van der Waals surface area contributed by atoms with E-state index in [2.05, 4.69) is 19.9 Å². The topological polar surface area (TPSA) is 93.6 Å². The second-order valence-electron chi connectivity index (χ2n) is 2.62. The largest absolute Gasteiger partial charge is 0.431 e. The van der Waals surface area contributed by atoms with Gasteiger partial charge in [0, 0.05) is 0 Å². The molecule has 3 N–H and O–H groups in total. The van der Waals surface area contributed by atoms with Crippen LogP contribution < -0.4 is 5.73 Å². The Morgan fingerprint density at radius 2 is 2.23 bits per heavy atom. The van der Waals surface area contributed by atoms with Crippen LogP contribution in [0.3, 0.4) is 0 Å². The van der Waals surface area contributed by atoms with E-state index >= 15 is 0 Å². The van der Waals surface area contributed by atoms with E-state index in [0.29, 0.717) is 22.6 Å². The van der Waals surface area contributed by atoms with Gasteiger partial charge in [0.05, 0.1) is 6.33 Å². The monoisotopic (exact) mass is 175 g/mol. The highest BCUT2D eigenvalue weighted by Crippen LogP contribution is 2.26. The number of nitrogen functional groups attached to an aromatic ring is 1. The molecular formula is C7H5N5O. The number of fused-ring (bicyclic) bond motifs is 3. The molecule has 6 heteroatoms. The zero-order chi connectivity index (χ0) is 8.84. The molecule has 0 spiro atoms. The van der Waals surface area contributed by atoms with Gasteiger partial charge < -0.3 is 15.1 Å². The lowest BCUT2D eigenvalue weighted by atomic mass is 10.4. The molecule has 0 fully saturated rings. The molecule has 13 heavy (non-hydrogen) atoms. The lowest BCUT2D eigenvalue weighted by Gasteiger charge is -1.89. The second kappa shape index (κ2) is 1.98. The number of hydrogen-bond donors (Lipinski definition) is 2. The molecule has 0 amide bonds. The van der Waals surface area contributed by atoms with Crippen molar-refractivity contribution in [2.24, 2.45) is 0 Å². The number of rotatable bonds is 0. The number of hydrogen-bond acceptors (Lipinski definition) is 5. The molecule has 3 rings (SSSR count). The molecule has 0 aliphatic heterocycles. The molecule has 0 aliphatic rings. The van der Waals surface area contributed by atoms with E-state index in [0.717, 1.165) is 5.52 Å². The summed E-state index contributed by atoms with van der Waals surface area (Å²) >= 11 is 0. The number of nitrogens with zero attached hydrogens (tertiary/aromatic N) is 3. The number of nitrogens with one attached hydrogen (secondary N) is 1. The van der Waals surface area contributed by atoms with Gasteiger partial charge in [-0.05, 0) is 0 Å². The Bertz CT molecular complexity index is 581. The Balaban J connectivity index is 2.66. The first-order chi connectivity index (χ1) is 6.36. The summed E-state index contributed by atoms with van der Waals surface area (Å²) in [5.41, 5.74) is 8.00. The number of imidazole rings is 1. The fourth-order valence-electron chi connectivity index (χ4n) is 1.29. The van der Waals surface area contributed by atoms with Crippen molar-refractivity contribution >= 4 is 28.1 Å². The number of aromatic amines is 1. The maximum atomic E-state index is 5.59. The third kappa shape index (κ3) is 0.689. The van der Waals surface area contributed by atoms with Gasteiger partial charge in [-0.25, -0.2) is 15.0 Å². The first kappa shape index (κ1) is 6.41. The lowest BCUT2D eigenvalue weighted by molar-refractivity contribution is 0.654. The normalized spacial score (nSPS) is 11.4. The van der Waals surface area contributed by atoms with E-state index in [-0.39, 0.29) is 0 Å². The predicted octanol–water partition coefficient (Wildman–Crippen LogP) is 0.681. The molecule has 0 radical (unpaired) electrons. The molecule has 0 saturated carbocycles. The molecule has 0 unspecified atom stereocenters. The lowest BCUT2D eigenvalue weighted by Crippen LogP contribution is -1.90. The smallest absolute Gasteiger partial charge is 0.247 e. The molecule has 0 aliphatic carbocycles. The fraction of sp³-hybridized carbons (Fsp3) is 0. The summed E-state index contributed by atoms with van der Waals surface area (Å²) < 4.78 is 5.33. The van der Waals surface area contributed by atoms with Gasteiger partial charge in [0.2, 0.25) is 5.71 Å². The molecule has 0 bridgehead atoms. The molecular weight excluding hydrogens is 170 g/mol. The highest BCUT2D eigenvalue weighted by molar-refractivity contribution is 6.01. The van der Waals surface area contributed by atoms with Gasteiger partial charge in [-0.3, -0.25) is 0 Å². The SMILES string of the molecule is Nc1ncnc2c1oc1nc[nH]c12. The Morgan fingerprint density at radius 3 is 3.15 bits per heavy atom. The maximum absolute atomic E-state index is 5.59. The molecule has 0 saturated heterocycles. The fourth-order valence-corrected chi connectivity index (χ4v) is 1.29. The molecule has 6 nitrogen and oxygen atoms in total. The molecule has 0 atom stereocenters. The first-order valence-corrected chi connectivity index (χ1v) is 3.68. The summed E-state index contributed by atoms with van der Waals surface area (Å²) in [5.74, 6) is 0.330. The van der Waals surface area contributed by atoms with E-state index in [9.17, 15) is 0 Å². The minimum atomic E-state index is 0.330.